The maximum atomic E-state index is 13.6. The standard InChI is InChI=1S/C26H27F3N4O5/c1-15(2)13-18(31-23(35)16-7-3-4-9-21(16)38-26(27,28)29)25(37)32-12-10-19-22(32)20(34)14-33(19)24(36)17-8-5-6-11-30-17/h3-9,11,15,18-19,22H,10,12-14H2,1-2H3,(H,31,35). The van der Waals surface area contributed by atoms with Gasteiger partial charge in [-0.3, -0.25) is 24.2 Å². The highest BCUT2D eigenvalue weighted by molar-refractivity contribution is 6.03. The summed E-state index contributed by atoms with van der Waals surface area (Å²) in [6.45, 7) is 3.67. The predicted octanol–water partition coefficient (Wildman–Crippen LogP) is 2.82. The monoisotopic (exact) mass is 532 g/mol. The highest BCUT2D eigenvalue weighted by Crippen LogP contribution is 2.32. The maximum Gasteiger partial charge on any atom is 0.573 e. The number of halogens is 3. The molecule has 3 atom stereocenters. The van der Waals surface area contributed by atoms with E-state index in [9.17, 15) is 32.3 Å². The largest absolute Gasteiger partial charge is 0.573 e. The number of amides is 3. The Labute approximate surface area is 216 Å². The van der Waals surface area contributed by atoms with Crippen molar-refractivity contribution in [1.82, 2.24) is 20.1 Å². The predicted molar refractivity (Wildman–Crippen MR) is 128 cm³/mol. The third-order valence-corrected chi connectivity index (χ3v) is 6.52. The number of carbonyl (C=O) groups excluding carboxylic acids is 4. The van der Waals surface area contributed by atoms with E-state index in [1.54, 1.807) is 18.2 Å². The molecule has 2 aliphatic heterocycles. The molecule has 1 aromatic heterocycles. The first kappa shape index (κ1) is 27.1. The van der Waals surface area contributed by atoms with E-state index in [4.69, 9.17) is 0 Å². The summed E-state index contributed by atoms with van der Waals surface area (Å²) in [6.07, 6.45) is -2.98. The van der Waals surface area contributed by atoms with E-state index >= 15 is 0 Å². The smallest absolute Gasteiger partial charge is 0.405 e. The van der Waals surface area contributed by atoms with Gasteiger partial charge in [-0.15, -0.1) is 13.2 Å². The Morgan fingerprint density at radius 3 is 2.47 bits per heavy atom. The molecule has 2 saturated heterocycles. The summed E-state index contributed by atoms with van der Waals surface area (Å²) < 4.78 is 42.5. The molecule has 38 heavy (non-hydrogen) atoms. The van der Waals surface area contributed by atoms with E-state index in [1.165, 1.54) is 34.2 Å². The van der Waals surface area contributed by atoms with Gasteiger partial charge in [0.25, 0.3) is 11.8 Å². The van der Waals surface area contributed by atoms with Gasteiger partial charge in [0, 0.05) is 12.7 Å². The van der Waals surface area contributed by atoms with Crippen molar-refractivity contribution in [3.8, 4) is 5.75 Å². The van der Waals surface area contributed by atoms with Crippen LogP contribution in [-0.2, 0) is 9.59 Å². The van der Waals surface area contributed by atoms with Crippen molar-refractivity contribution in [2.45, 2.75) is 51.2 Å². The van der Waals surface area contributed by atoms with Gasteiger partial charge in [0.1, 0.15) is 23.5 Å². The van der Waals surface area contributed by atoms with Crippen LogP contribution in [0.5, 0.6) is 5.75 Å². The minimum atomic E-state index is -5.00. The number of para-hydroxylation sites is 1. The second-order valence-corrected chi connectivity index (χ2v) is 9.65. The Balaban J connectivity index is 1.53. The van der Waals surface area contributed by atoms with E-state index in [0.29, 0.717) is 6.42 Å². The molecule has 0 saturated carbocycles. The van der Waals surface area contributed by atoms with Gasteiger partial charge in [-0.1, -0.05) is 32.0 Å². The number of ether oxygens (including phenoxy) is 1. The van der Waals surface area contributed by atoms with E-state index < -0.39 is 48.0 Å². The molecule has 3 unspecified atom stereocenters. The summed E-state index contributed by atoms with van der Waals surface area (Å²) in [4.78, 5) is 59.4. The number of rotatable bonds is 7. The Morgan fingerprint density at radius 2 is 1.82 bits per heavy atom. The SMILES string of the molecule is CC(C)CC(NC(=O)c1ccccc1OC(F)(F)F)C(=O)N1CCC2C1C(=O)CN2C(=O)c1ccccn1. The summed E-state index contributed by atoms with van der Waals surface area (Å²) in [5.41, 5.74) is -0.190. The molecule has 4 rings (SSSR count). The van der Waals surface area contributed by atoms with Crippen LogP contribution < -0.4 is 10.1 Å². The Bertz CT molecular complexity index is 1220. The molecule has 3 heterocycles. The number of Topliss-reactive ketones (excluding diaryl/α,β-unsaturated/α-hetero) is 1. The van der Waals surface area contributed by atoms with Crippen molar-refractivity contribution >= 4 is 23.5 Å². The van der Waals surface area contributed by atoms with Crippen molar-refractivity contribution in [3.63, 3.8) is 0 Å². The van der Waals surface area contributed by atoms with Gasteiger partial charge in [0.15, 0.2) is 5.78 Å². The lowest BCUT2D eigenvalue weighted by molar-refractivity contribution is -0.274. The fraction of sp³-hybridized carbons (Fsp3) is 0.423. The van der Waals surface area contributed by atoms with Crippen LogP contribution in [0.25, 0.3) is 0 Å². The summed E-state index contributed by atoms with van der Waals surface area (Å²) in [7, 11) is 0. The molecule has 202 valence electrons. The van der Waals surface area contributed by atoms with Crippen LogP contribution in [0.4, 0.5) is 13.2 Å². The lowest BCUT2D eigenvalue weighted by Crippen LogP contribution is -2.53. The average Bonchev–Trinajstić information content (AvgIpc) is 3.43. The molecule has 2 fully saturated rings. The molecular formula is C26H27F3N4O5. The fourth-order valence-corrected chi connectivity index (χ4v) is 4.97. The zero-order valence-corrected chi connectivity index (χ0v) is 20.8. The molecular weight excluding hydrogens is 505 g/mol. The minimum absolute atomic E-state index is 0.0640. The summed E-state index contributed by atoms with van der Waals surface area (Å²) >= 11 is 0. The van der Waals surface area contributed by atoms with Gasteiger partial charge >= 0.3 is 6.36 Å². The van der Waals surface area contributed by atoms with Gasteiger partial charge in [0.2, 0.25) is 5.91 Å². The van der Waals surface area contributed by atoms with Gasteiger partial charge in [0.05, 0.1) is 18.2 Å². The molecule has 0 radical (unpaired) electrons. The number of pyridine rings is 1. The van der Waals surface area contributed by atoms with Crippen molar-refractivity contribution < 1.29 is 37.1 Å². The lowest BCUT2D eigenvalue weighted by Gasteiger charge is -2.29. The zero-order chi connectivity index (χ0) is 27.6. The Kier molecular flexibility index (Phi) is 7.70. The topological polar surface area (TPSA) is 109 Å². The van der Waals surface area contributed by atoms with Crippen LogP contribution in [0.3, 0.4) is 0 Å². The number of aromatic nitrogens is 1. The van der Waals surface area contributed by atoms with Crippen molar-refractivity contribution in [1.29, 1.82) is 0 Å². The van der Waals surface area contributed by atoms with Crippen LogP contribution in [0, 0.1) is 5.92 Å². The number of carbonyl (C=O) groups is 4. The zero-order valence-electron chi connectivity index (χ0n) is 20.8. The third kappa shape index (κ3) is 5.79. The first-order chi connectivity index (χ1) is 18.0. The summed E-state index contributed by atoms with van der Waals surface area (Å²) in [5, 5.41) is 2.54. The Morgan fingerprint density at radius 1 is 1.11 bits per heavy atom. The highest BCUT2D eigenvalue weighted by Gasteiger charge is 2.52. The molecule has 1 N–H and O–H groups in total. The molecule has 0 aliphatic carbocycles. The van der Waals surface area contributed by atoms with E-state index in [2.05, 4.69) is 15.0 Å². The molecule has 2 aromatic rings. The van der Waals surface area contributed by atoms with Gasteiger partial charge in [-0.2, -0.15) is 0 Å². The average molecular weight is 533 g/mol. The third-order valence-electron chi connectivity index (χ3n) is 6.52. The number of hydrogen-bond donors (Lipinski definition) is 1. The van der Waals surface area contributed by atoms with Crippen LogP contribution in [0.2, 0.25) is 0 Å². The molecule has 0 spiro atoms. The molecule has 0 bridgehead atoms. The first-order valence-electron chi connectivity index (χ1n) is 12.2. The highest BCUT2D eigenvalue weighted by atomic mass is 19.4. The maximum absolute atomic E-state index is 13.6. The number of alkyl halides is 3. The van der Waals surface area contributed by atoms with E-state index in [1.807, 2.05) is 13.8 Å². The quantitative estimate of drug-likeness (QED) is 0.588. The van der Waals surface area contributed by atoms with Gasteiger partial charge in [-0.25, -0.2) is 0 Å². The first-order valence-corrected chi connectivity index (χ1v) is 12.2. The lowest BCUT2D eigenvalue weighted by atomic mass is 10.0. The molecule has 9 nitrogen and oxygen atoms in total. The number of fused-ring (bicyclic) bond motifs is 1. The molecule has 12 heteroatoms. The van der Waals surface area contributed by atoms with Crippen molar-refractivity contribution in [2.75, 3.05) is 13.1 Å². The number of nitrogens with one attached hydrogen (secondary N) is 1. The number of benzene rings is 1. The van der Waals surface area contributed by atoms with Crippen LogP contribution >= 0.6 is 0 Å². The minimum Gasteiger partial charge on any atom is -0.405 e. The van der Waals surface area contributed by atoms with E-state index in [-0.39, 0.29) is 42.5 Å². The molecule has 2 aliphatic rings. The van der Waals surface area contributed by atoms with Crippen LogP contribution in [0.1, 0.15) is 47.5 Å². The second kappa shape index (κ2) is 10.8. The Hall–Kier alpha value is -3.96. The fourth-order valence-electron chi connectivity index (χ4n) is 4.97. The van der Waals surface area contributed by atoms with Gasteiger partial charge < -0.3 is 19.9 Å². The van der Waals surface area contributed by atoms with Crippen LogP contribution in [0.15, 0.2) is 48.7 Å². The summed E-state index contributed by atoms with van der Waals surface area (Å²) in [6, 6.07) is 7.23. The number of nitrogens with zero attached hydrogens (tertiary/aromatic N) is 3. The van der Waals surface area contributed by atoms with E-state index in [0.717, 1.165) is 6.07 Å². The number of ketones is 1. The number of hydrogen-bond acceptors (Lipinski definition) is 6. The van der Waals surface area contributed by atoms with Gasteiger partial charge in [-0.05, 0) is 43.0 Å². The second-order valence-electron chi connectivity index (χ2n) is 9.65. The summed E-state index contributed by atoms with van der Waals surface area (Å²) in [5.74, 6) is -2.91. The molecule has 1 aromatic carbocycles. The number of likely N-dealkylation sites (tertiary alicyclic amines) is 2. The van der Waals surface area contributed by atoms with Crippen molar-refractivity contribution in [2.24, 2.45) is 5.92 Å². The normalized spacial score (nSPS) is 19.9. The molecule has 3 amide bonds. The van der Waals surface area contributed by atoms with Crippen LogP contribution in [-0.4, -0.2) is 75.9 Å². The van der Waals surface area contributed by atoms with Crippen molar-refractivity contribution in [3.05, 3.63) is 59.9 Å².